The van der Waals surface area contributed by atoms with Crippen molar-refractivity contribution >= 4 is 46.0 Å². The van der Waals surface area contributed by atoms with Crippen LogP contribution in [0.2, 0.25) is 0 Å². The lowest BCUT2D eigenvalue weighted by Gasteiger charge is -2.14. The van der Waals surface area contributed by atoms with Gasteiger partial charge in [-0.25, -0.2) is 4.39 Å². The minimum Gasteiger partial charge on any atom is -0.493 e. The molecule has 2 aromatic carbocycles. The molecule has 0 spiro atoms. The van der Waals surface area contributed by atoms with Crippen molar-refractivity contribution in [3.63, 3.8) is 0 Å². The predicted octanol–water partition coefficient (Wildman–Crippen LogP) is 5.03. The van der Waals surface area contributed by atoms with Gasteiger partial charge in [0.2, 0.25) is 0 Å². The molecule has 1 aliphatic heterocycles. The Hall–Kier alpha value is -2.38. The standard InChI is InChI=1S/C20H18FNO3S2/c1-12(2)25-16-9-4-13(10-17(16)24-3)11-18-19(23)22(20(26)27-18)15-7-5-14(21)6-8-15/h4-12H,1-3H3/b18-11-. The van der Waals surface area contributed by atoms with Crippen LogP contribution in [0.5, 0.6) is 11.5 Å². The molecule has 0 aliphatic carbocycles. The van der Waals surface area contributed by atoms with E-state index in [1.165, 1.54) is 40.9 Å². The molecular formula is C20H18FNO3S2. The van der Waals surface area contributed by atoms with Crippen molar-refractivity contribution in [3.8, 4) is 11.5 Å². The first-order valence-electron chi connectivity index (χ1n) is 8.27. The first-order chi connectivity index (χ1) is 12.9. The van der Waals surface area contributed by atoms with Crippen LogP contribution in [0.25, 0.3) is 6.08 Å². The molecule has 0 unspecified atom stereocenters. The highest BCUT2D eigenvalue weighted by molar-refractivity contribution is 8.27. The number of thiocarbonyl (C=S) groups is 1. The van der Waals surface area contributed by atoms with Crippen molar-refractivity contribution in [2.24, 2.45) is 0 Å². The second-order valence-corrected chi connectivity index (χ2v) is 7.75. The fourth-order valence-corrected chi connectivity index (χ4v) is 3.86. The summed E-state index contributed by atoms with van der Waals surface area (Å²) in [4.78, 5) is 14.7. The summed E-state index contributed by atoms with van der Waals surface area (Å²) in [6, 6.07) is 11.1. The van der Waals surface area contributed by atoms with E-state index in [2.05, 4.69) is 0 Å². The molecule has 140 valence electrons. The summed E-state index contributed by atoms with van der Waals surface area (Å²) < 4.78 is 24.6. The van der Waals surface area contributed by atoms with Gasteiger partial charge in [0.15, 0.2) is 15.8 Å². The Kier molecular flexibility index (Phi) is 5.82. The maximum atomic E-state index is 13.1. The van der Waals surface area contributed by atoms with E-state index < -0.39 is 0 Å². The Morgan fingerprint density at radius 3 is 2.48 bits per heavy atom. The van der Waals surface area contributed by atoms with Gasteiger partial charge in [0.1, 0.15) is 5.82 Å². The van der Waals surface area contributed by atoms with Crippen molar-refractivity contribution in [3.05, 3.63) is 58.8 Å². The van der Waals surface area contributed by atoms with E-state index in [0.29, 0.717) is 26.4 Å². The van der Waals surface area contributed by atoms with Gasteiger partial charge in [-0.15, -0.1) is 0 Å². The van der Waals surface area contributed by atoms with Crippen LogP contribution < -0.4 is 14.4 Å². The molecule has 1 saturated heterocycles. The number of halogens is 1. The molecule has 0 radical (unpaired) electrons. The summed E-state index contributed by atoms with van der Waals surface area (Å²) >= 11 is 6.54. The molecule has 0 aromatic heterocycles. The zero-order chi connectivity index (χ0) is 19.6. The number of nitrogens with zero attached hydrogens (tertiary/aromatic N) is 1. The highest BCUT2D eigenvalue weighted by Crippen LogP contribution is 2.37. The van der Waals surface area contributed by atoms with Gasteiger partial charge in [-0.1, -0.05) is 30.0 Å². The van der Waals surface area contributed by atoms with Gasteiger partial charge in [0, 0.05) is 0 Å². The first kappa shape index (κ1) is 19.4. The van der Waals surface area contributed by atoms with Gasteiger partial charge in [0.25, 0.3) is 5.91 Å². The van der Waals surface area contributed by atoms with Crippen LogP contribution in [0.3, 0.4) is 0 Å². The zero-order valence-corrected chi connectivity index (χ0v) is 16.7. The van der Waals surface area contributed by atoms with Crippen molar-refractivity contribution in [2.75, 3.05) is 12.0 Å². The van der Waals surface area contributed by atoms with Crippen LogP contribution in [0.4, 0.5) is 10.1 Å². The molecule has 1 heterocycles. The lowest BCUT2D eigenvalue weighted by Crippen LogP contribution is -2.27. The molecule has 0 saturated carbocycles. The zero-order valence-electron chi connectivity index (χ0n) is 15.1. The van der Waals surface area contributed by atoms with Gasteiger partial charge < -0.3 is 9.47 Å². The third kappa shape index (κ3) is 4.31. The number of carbonyl (C=O) groups is 1. The van der Waals surface area contributed by atoms with Crippen LogP contribution >= 0.6 is 24.0 Å². The minimum absolute atomic E-state index is 0.0247. The summed E-state index contributed by atoms with van der Waals surface area (Å²) in [6.45, 7) is 3.88. The number of hydrogen-bond acceptors (Lipinski definition) is 5. The lowest BCUT2D eigenvalue weighted by molar-refractivity contribution is -0.113. The van der Waals surface area contributed by atoms with Crippen LogP contribution in [0, 0.1) is 5.82 Å². The summed E-state index contributed by atoms with van der Waals surface area (Å²) in [7, 11) is 1.57. The summed E-state index contributed by atoms with van der Waals surface area (Å²) in [5, 5.41) is 0. The van der Waals surface area contributed by atoms with Gasteiger partial charge in [-0.2, -0.15) is 0 Å². The molecule has 3 rings (SSSR count). The van der Waals surface area contributed by atoms with E-state index in [4.69, 9.17) is 21.7 Å². The summed E-state index contributed by atoms with van der Waals surface area (Å²) in [6.07, 6.45) is 1.78. The molecule has 1 amide bonds. The summed E-state index contributed by atoms with van der Waals surface area (Å²) in [5.41, 5.74) is 1.34. The highest BCUT2D eigenvalue weighted by Gasteiger charge is 2.33. The Morgan fingerprint density at radius 1 is 1.15 bits per heavy atom. The Balaban J connectivity index is 1.88. The van der Waals surface area contributed by atoms with Gasteiger partial charge in [-0.05, 0) is 61.9 Å². The Bertz CT molecular complexity index is 910. The van der Waals surface area contributed by atoms with E-state index >= 15 is 0 Å². The van der Waals surface area contributed by atoms with Crippen molar-refractivity contribution in [2.45, 2.75) is 20.0 Å². The van der Waals surface area contributed by atoms with E-state index in [-0.39, 0.29) is 17.8 Å². The maximum absolute atomic E-state index is 13.1. The molecule has 2 aromatic rings. The lowest BCUT2D eigenvalue weighted by atomic mass is 10.1. The third-order valence-corrected chi connectivity index (χ3v) is 5.03. The van der Waals surface area contributed by atoms with Crippen LogP contribution in [0.1, 0.15) is 19.4 Å². The van der Waals surface area contributed by atoms with Gasteiger partial charge in [0.05, 0.1) is 23.8 Å². The molecular weight excluding hydrogens is 385 g/mol. The normalized spacial score (nSPS) is 15.7. The van der Waals surface area contributed by atoms with Crippen LogP contribution in [-0.4, -0.2) is 23.4 Å². The number of rotatable bonds is 5. The highest BCUT2D eigenvalue weighted by atomic mass is 32.2. The monoisotopic (exact) mass is 403 g/mol. The smallest absolute Gasteiger partial charge is 0.270 e. The number of hydrogen-bond donors (Lipinski definition) is 0. The number of amides is 1. The van der Waals surface area contributed by atoms with Crippen LogP contribution in [-0.2, 0) is 4.79 Å². The second-order valence-electron chi connectivity index (χ2n) is 6.07. The summed E-state index contributed by atoms with van der Waals surface area (Å²) in [5.74, 6) is 0.628. The molecule has 4 nitrogen and oxygen atoms in total. The van der Waals surface area contributed by atoms with Crippen molar-refractivity contribution in [1.29, 1.82) is 0 Å². The minimum atomic E-state index is -0.365. The second kappa shape index (κ2) is 8.10. The van der Waals surface area contributed by atoms with E-state index in [0.717, 1.165) is 5.56 Å². The Labute approximate surface area is 167 Å². The van der Waals surface area contributed by atoms with Crippen molar-refractivity contribution in [1.82, 2.24) is 0 Å². The van der Waals surface area contributed by atoms with E-state index in [1.54, 1.807) is 13.2 Å². The molecule has 0 bridgehead atoms. The molecule has 1 aliphatic rings. The third-order valence-electron chi connectivity index (χ3n) is 3.73. The molecule has 0 atom stereocenters. The number of methoxy groups -OCH3 is 1. The molecule has 1 fully saturated rings. The number of anilines is 1. The van der Waals surface area contributed by atoms with Crippen LogP contribution in [0.15, 0.2) is 47.4 Å². The fourth-order valence-electron chi connectivity index (χ4n) is 2.56. The molecule has 7 heteroatoms. The predicted molar refractivity (Wildman–Crippen MR) is 111 cm³/mol. The SMILES string of the molecule is COc1cc(/C=C2\SC(=S)N(c3ccc(F)cc3)C2=O)ccc1OC(C)C. The van der Waals surface area contributed by atoms with Crippen molar-refractivity contribution < 1.29 is 18.7 Å². The average Bonchev–Trinajstić information content (AvgIpc) is 2.90. The van der Waals surface area contributed by atoms with Gasteiger partial charge >= 0.3 is 0 Å². The fraction of sp³-hybridized carbons (Fsp3) is 0.200. The first-order valence-corrected chi connectivity index (χ1v) is 9.49. The number of benzene rings is 2. The number of thioether (sulfide) groups is 1. The van der Waals surface area contributed by atoms with E-state index in [9.17, 15) is 9.18 Å². The van der Waals surface area contributed by atoms with Gasteiger partial charge in [-0.3, -0.25) is 9.69 Å². The quantitative estimate of drug-likeness (QED) is 0.517. The van der Waals surface area contributed by atoms with E-state index in [1.807, 2.05) is 32.0 Å². The topological polar surface area (TPSA) is 38.8 Å². The number of ether oxygens (including phenoxy) is 2. The molecule has 0 N–H and O–H groups in total. The largest absolute Gasteiger partial charge is 0.493 e. The average molecular weight is 404 g/mol. The Morgan fingerprint density at radius 2 is 1.85 bits per heavy atom. The maximum Gasteiger partial charge on any atom is 0.270 e. The molecule has 27 heavy (non-hydrogen) atoms. The number of carbonyl (C=O) groups excluding carboxylic acids is 1.